The van der Waals surface area contributed by atoms with E-state index in [1.54, 1.807) is 24.3 Å². The van der Waals surface area contributed by atoms with Crippen LogP contribution in [0.2, 0.25) is 0 Å². The zero-order chi connectivity index (χ0) is 26.0. The first-order chi connectivity index (χ1) is 17.8. The highest BCUT2D eigenvalue weighted by Gasteiger charge is 2.30. The average Bonchev–Trinajstić information content (AvgIpc) is 3.31. The van der Waals surface area contributed by atoms with Gasteiger partial charge in [0.15, 0.2) is 0 Å². The van der Waals surface area contributed by atoms with Crippen LogP contribution in [0.15, 0.2) is 91.4 Å². The second-order valence-corrected chi connectivity index (χ2v) is 8.38. The Kier molecular flexibility index (Phi) is 6.27. The minimum Gasteiger partial charge on any atom is -0.328 e. The fraction of sp³-hybridized carbons (Fsp3) is 0.0714. The van der Waals surface area contributed by atoms with Gasteiger partial charge < -0.3 is 9.88 Å². The van der Waals surface area contributed by atoms with Crippen LogP contribution in [-0.4, -0.2) is 26.7 Å². The van der Waals surface area contributed by atoms with E-state index in [4.69, 9.17) is 0 Å². The molecule has 184 valence electrons. The summed E-state index contributed by atoms with van der Waals surface area (Å²) in [6.07, 6.45) is -0.405. The Balaban J connectivity index is 1.42. The molecule has 0 aliphatic carbocycles. The highest BCUT2D eigenvalue weighted by molar-refractivity contribution is 6.05. The van der Waals surface area contributed by atoms with Crippen LogP contribution in [0.1, 0.15) is 31.8 Å². The molecule has 0 fully saturated rings. The molecule has 0 radical (unpaired) electrons. The summed E-state index contributed by atoms with van der Waals surface area (Å²) in [5.41, 5.74) is 3.00. The molecule has 3 aromatic carbocycles. The Morgan fingerprint density at radius 3 is 2.57 bits per heavy atom. The molecule has 2 heterocycles. The molecule has 9 heteroatoms. The third-order valence-electron chi connectivity index (χ3n) is 5.84. The van der Waals surface area contributed by atoms with Crippen molar-refractivity contribution < 1.29 is 22.8 Å². The predicted molar refractivity (Wildman–Crippen MR) is 133 cm³/mol. The Morgan fingerprint density at radius 2 is 1.76 bits per heavy atom. The van der Waals surface area contributed by atoms with Gasteiger partial charge in [0.25, 0.3) is 5.91 Å². The number of nitrogens with one attached hydrogen (secondary N) is 1. The van der Waals surface area contributed by atoms with Crippen molar-refractivity contribution >= 4 is 28.9 Å². The van der Waals surface area contributed by atoms with Gasteiger partial charge in [-0.15, -0.1) is 0 Å². The van der Waals surface area contributed by atoms with Crippen LogP contribution in [-0.2, 0) is 12.7 Å². The van der Waals surface area contributed by atoms with Crippen molar-refractivity contribution in [2.45, 2.75) is 12.7 Å². The molecule has 1 N–H and O–H groups in total. The second-order valence-electron chi connectivity index (χ2n) is 8.38. The smallest absolute Gasteiger partial charge is 0.328 e. The van der Waals surface area contributed by atoms with E-state index in [0.29, 0.717) is 34.7 Å². The molecule has 0 aliphatic rings. The molecule has 0 aliphatic heterocycles. The lowest BCUT2D eigenvalue weighted by molar-refractivity contribution is -0.137. The van der Waals surface area contributed by atoms with E-state index in [1.165, 1.54) is 18.5 Å². The Hall–Kier alpha value is -4.79. The van der Waals surface area contributed by atoms with Gasteiger partial charge in [0, 0.05) is 40.5 Å². The van der Waals surface area contributed by atoms with Gasteiger partial charge in [-0.05, 0) is 48.0 Å². The summed E-state index contributed by atoms with van der Waals surface area (Å²) in [6.45, 7) is 0.509. The van der Waals surface area contributed by atoms with Crippen molar-refractivity contribution in [3.63, 3.8) is 0 Å². The number of anilines is 1. The van der Waals surface area contributed by atoms with E-state index in [2.05, 4.69) is 15.3 Å². The lowest BCUT2D eigenvalue weighted by Gasteiger charge is -2.11. The maximum atomic E-state index is 13.0. The Labute approximate surface area is 209 Å². The van der Waals surface area contributed by atoms with Gasteiger partial charge in [-0.1, -0.05) is 36.4 Å². The summed E-state index contributed by atoms with van der Waals surface area (Å²) >= 11 is 0. The fourth-order valence-electron chi connectivity index (χ4n) is 4.11. The van der Waals surface area contributed by atoms with Crippen molar-refractivity contribution in [3.05, 3.63) is 114 Å². The number of nitrogens with zero attached hydrogens (tertiary/aromatic N) is 3. The number of hydrogen-bond donors (Lipinski definition) is 1. The monoisotopic (exact) mass is 500 g/mol. The SMILES string of the molecule is O=Cc1cccc(Cn2ccc3c(-c4cccc(NC(=O)c5cccc(C(F)(F)F)c5)c4)ncnc32)c1. The molecule has 1 amide bonds. The number of rotatable bonds is 6. The standard InChI is InChI=1S/C28H19F3N4O2/c29-28(30,31)22-8-2-7-21(13-22)27(37)34-23-9-3-6-20(14-23)25-24-10-11-35(26(24)33-17-32-25)15-18-4-1-5-19(12-18)16-36/h1-14,16-17H,15H2,(H,34,37). The maximum absolute atomic E-state index is 13.0. The minimum absolute atomic E-state index is 0.0969. The summed E-state index contributed by atoms with van der Waals surface area (Å²) in [6, 6.07) is 20.4. The van der Waals surface area contributed by atoms with Crippen molar-refractivity contribution in [3.8, 4) is 11.3 Å². The molecule has 0 saturated heterocycles. The number of carbonyl (C=O) groups is 2. The van der Waals surface area contributed by atoms with E-state index in [9.17, 15) is 22.8 Å². The third kappa shape index (κ3) is 5.11. The maximum Gasteiger partial charge on any atom is 0.416 e. The van der Waals surface area contributed by atoms with E-state index >= 15 is 0 Å². The number of hydrogen-bond acceptors (Lipinski definition) is 4. The van der Waals surface area contributed by atoms with Crippen LogP contribution in [0, 0.1) is 0 Å². The van der Waals surface area contributed by atoms with E-state index in [-0.39, 0.29) is 5.56 Å². The van der Waals surface area contributed by atoms with Crippen LogP contribution in [0.3, 0.4) is 0 Å². The molecule has 0 atom stereocenters. The number of aromatic nitrogens is 3. The highest BCUT2D eigenvalue weighted by Crippen LogP contribution is 2.31. The van der Waals surface area contributed by atoms with Crippen molar-refractivity contribution in [2.75, 3.05) is 5.32 Å². The Morgan fingerprint density at radius 1 is 0.946 bits per heavy atom. The quantitative estimate of drug-likeness (QED) is 0.281. The van der Waals surface area contributed by atoms with Gasteiger partial charge in [-0.25, -0.2) is 9.97 Å². The predicted octanol–water partition coefficient (Wildman–Crippen LogP) is 6.23. The Bertz CT molecular complexity index is 1630. The molecule has 5 aromatic rings. The zero-order valence-corrected chi connectivity index (χ0v) is 19.2. The molecular formula is C28H19F3N4O2. The molecule has 37 heavy (non-hydrogen) atoms. The molecule has 6 nitrogen and oxygen atoms in total. The summed E-state index contributed by atoms with van der Waals surface area (Å²) < 4.78 is 41.0. The summed E-state index contributed by atoms with van der Waals surface area (Å²) in [4.78, 5) is 32.6. The number of halogens is 3. The molecule has 0 saturated carbocycles. The first-order valence-corrected chi connectivity index (χ1v) is 11.2. The largest absolute Gasteiger partial charge is 0.416 e. The van der Waals surface area contributed by atoms with Gasteiger partial charge in [0.05, 0.1) is 11.3 Å². The lowest BCUT2D eigenvalue weighted by atomic mass is 10.1. The van der Waals surface area contributed by atoms with Gasteiger partial charge in [0.2, 0.25) is 0 Å². The third-order valence-corrected chi connectivity index (χ3v) is 5.84. The second kappa shape index (κ2) is 9.69. The number of amides is 1. The molecule has 0 spiro atoms. The van der Waals surface area contributed by atoms with Crippen LogP contribution in [0.25, 0.3) is 22.3 Å². The highest BCUT2D eigenvalue weighted by atomic mass is 19.4. The molecular weight excluding hydrogens is 481 g/mol. The summed E-state index contributed by atoms with van der Waals surface area (Å²) in [7, 11) is 0. The minimum atomic E-state index is -4.54. The van der Waals surface area contributed by atoms with Crippen LogP contribution in [0.4, 0.5) is 18.9 Å². The van der Waals surface area contributed by atoms with Crippen LogP contribution in [0.5, 0.6) is 0 Å². The van der Waals surface area contributed by atoms with Crippen LogP contribution >= 0.6 is 0 Å². The first-order valence-electron chi connectivity index (χ1n) is 11.2. The lowest BCUT2D eigenvalue weighted by Crippen LogP contribution is -2.14. The molecule has 0 unspecified atom stereocenters. The number of aldehydes is 1. The normalized spacial score (nSPS) is 11.4. The number of carbonyl (C=O) groups excluding carboxylic acids is 2. The van der Waals surface area contributed by atoms with Gasteiger partial charge in [-0.3, -0.25) is 9.59 Å². The van der Waals surface area contributed by atoms with Crippen molar-refractivity contribution in [1.82, 2.24) is 14.5 Å². The average molecular weight is 500 g/mol. The van der Waals surface area contributed by atoms with Gasteiger partial charge in [0.1, 0.15) is 18.3 Å². The molecule has 2 aromatic heterocycles. The molecule has 5 rings (SSSR count). The van der Waals surface area contributed by atoms with E-state index < -0.39 is 17.6 Å². The van der Waals surface area contributed by atoms with Crippen molar-refractivity contribution in [2.24, 2.45) is 0 Å². The zero-order valence-electron chi connectivity index (χ0n) is 19.2. The number of alkyl halides is 3. The van der Waals surface area contributed by atoms with Crippen LogP contribution < -0.4 is 5.32 Å². The molecule has 0 bridgehead atoms. The summed E-state index contributed by atoms with van der Waals surface area (Å²) in [5.74, 6) is -0.653. The number of fused-ring (bicyclic) bond motifs is 1. The van der Waals surface area contributed by atoms with Crippen molar-refractivity contribution in [1.29, 1.82) is 0 Å². The van der Waals surface area contributed by atoms with Gasteiger partial charge >= 0.3 is 6.18 Å². The topological polar surface area (TPSA) is 76.9 Å². The van der Waals surface area contributed by atoms with E-state index in [0.717, 1.165) is 29.4 Å². The fourth-order valence-corrected chi connectivity index (χ4v) is 4.11. The number of benzene rings is 3. The first kappa shape index (κ1) is 23.9. The van der Waals surface area contributed by atoms with E-state index in [1.807, 2.05) is 41.1 Å². The summed E-state index contributed by atoms with van der Waals surface area (Å²) in [5, 5.41) is 3.45. The van der Waals surface area contributed by atoms with Gasteiger partial charge in [-0.2, -0.15) is 13.2 Å².